The van der Waals surface area contributed by atoms with Crippen LogP contribution < -0.4 is 5.43 Å². The van der Waals surface area contributed by atoms with Gasteiger partial charge >= 0.3 is 0 Å². The molecule has 0 fully saturated rings. The number of aromatic nitrogens is 3. The van der Waals surface area contributed by atoms with E-state index >= 15 is 0 Å². The van der Waals surface area contributed by atoms with Crippen LogP contribution in [0.1, 0.15) is 16.1 Å². The van der Waals surface area contributed by atoms with Crippen molar-refractivity contribution in [2.24, 2.45) is 12.1 Å². The Morgan fingerprint density at radius 2 is 2.29 bits per heavy atom. The van der Waals surface area contributed by atoms with Gasteiger partial charge in [0.15, 0.2) is 0 Å². The third-order valence-corrected chi connectivity index (χ3v) is 3.89. The zero-order chi connectivity index (χ0) is 14.8. The summed E-state index contributed by atoms with van der Waals surface area (Å²) >= 11 is 2.07. The summed E-state index contributed by atoms with van der Waals surface area (Å²) in [6, 6.07) is 7.91. The van der Waals surface area contributed by atoms with Crippen molar-refractivity contribution in [1.29, 1.82) is 0 Å². The van der Waals surface area contributed by atoms with E-state index < -0.39 is 0 Å². The molecule has 1 amide bonds. The summed E-state index contributed by atoms with van der Waals surface area (Å²) in [5.41, 5.74) is 4.97. The number of nitrogens with one attached hydrogen (secondary N) is 2. The molecule has 3 aromatic rings. The number of hydrazone groups is 1. The second-order valence-electron chi connectivity index (χ2n) is 4.45. The number of carbonyl (C=O) groups excluding carboxylic acids is 1. The number of hydrogen-bond acceptors (Lipinski definition) is 3. The fraction of sp³-hybridized carbons (Fsp3) is 0.0714. The first-order valence-corrected chi connectivity index (χ1v) is 7.31. The summed E-state index contributed by atoms with van der Waals surface area (Å²) < 4.78 is 2.31. The average molecular weight is 393 g/mol. The van der Waals surface area contributed by atoms with Crippen LogP contribution in [0.15, 0.2) is 41.8 Å². The van der Waals surface area contributed by atoms with Crippen LogP contribution in [0, 0.1) is 3.57 Å². The van der Waals surface area contributed by atoms with Gasteiger partial charge in [0.2, 0.25) is 0 Å². The molecule has 0 aliphatic heterocycles. The van der Waals surface area contributed by atoms with Gasteiger partial charge in [0, 0.05) is 29.7 Å². The molecule has 0 bridgehead atoms. The summed E-state index contributed by atoms with van der Waals surface area (Å²) in [6.45, 7) is 0. The Balaban J connectivity index is 1.77. The largest absolute Gasteiger partial charge is 0.361 e. The zero-order valence-electron chi connectivity index (χ0n) is 11.2. The molecule has 21 heavy (non-hydrogen) atoms. The van der Waals surface area contributed by atoms with Gasteiger partial charge in [-0.1, -0.05) is 18.2 Å². The maximum absolute atomic E-state index is 12.0. The lowest BCUT2D eigenvalue weighted by Crippen LogP contribution is -2.21. The number of aromatic amines is 1. The van der Waals surface area contributed by atoms with Gasteiger partial charge in [0.1, 0.15) is 5.69 Å². The summed E-state index contributed by atoms with van der Waals surface area (Å²) in [6.07, 6.45) is 5.12. The molecule has 0 spiro atoms. The molecule has 2 N–H and O–H groups in total. The van der Waals surface area contributed by atoms with E-state index in [1.165, 1.54) is 4.68 Å². The monoisotopic (exact) mass is 393 g/mol. The lowest BCUT2D eigenvalue weighted by molar-refractivity contribution is 0.0945. The number of aryl methyl sites for hydroxylation is 1. The van der Waals surface area contributed by atoms with Crippen molar-refractivity contribution >= 4 is 45.6 Å². The highest BCUT2D eigenvalue weighted by Crippen LogP contribution is 2.15. The van der Waals surface area contributed by atoms with Gasteiger partial charge in [-0.2, -0.15) is 10.2 Å². The number of carbonyl (C=O) groups is 1. The first kappa shape index (κ1) is 13.8. The molecule has 0 radical (unpaired) electrons. The van der Waals surface area contributed by atoms with Crippen molar-refractivity contribution in [3.8, 4) is 0 Å². The number of H-pyrrole nitrogens is 1. The van der Waals surface area contributed by atoms with E-state index in [4.69, 9.17) is 0 Å². The first-order chi connectivity index (χ1) is 10.2. The van der Waals surface area contributed by atoms with Gasteiger partial charge in [-0.15, -0.1) is 0 Å². The Kier molecular flexibility index (Phi) is 3.74. The number of para-hydroxylation sites is 1. The molecule has 0 aliphatic rings. The second-order valence-corrected chi connectivity index (χ2v) is 5.62. The van der Waals surface area contributed by atoms with E-state index in [1.54, 1.807) is 19.5 Å². The van der Waals surface area contributed by atoms with Gasteiger partial charge in [0.25, 0.3) is 5.91 Å². The minimum absolute atomic E-state index is 0.282. The van der Waals surface area contributed by atoms with Crippen molar-refractivity contribution in [3.05, 3.63) is 51.5 Å². The molecule has 0 saturated carbocycles. The first-order valence-electron chi connectivity index (χ1n) is 6.24. The van der Waals surface area contributed by atoms with Crippen LogP contribution >= 0.6 is 22.6 Å². The Morgan fingerprint density at radius 1 is 1.48 bits per heavy atom. The lowest BCUT2D eigenvalue weighted by atomic mass is 10.2. The Bertz CT molecular complexity index is 813. The standard InChI is InChI=1S/C14H12IN5O/c1-20-13(11(15)8-18-20)14(21)19-17-7-9-6-16-12-5-3-2-4-10(9)12/h2-8,16H,1H3,(H,19,21)/b17-7+. The topological polar surface area (TPSA) is 75.1 Å². The molecule has 106 valence electrons. The van der Waals surface area contributed by atoms with Crippen LogP contribution in [-0.4, -0.2) is 26.9 Å². The Hall–Kier alpha value is -2.16. The van der Waals surface area contributed by atoms with Crippen molar-refractivity contribution < 1.29 is 4.79 Å². The molecular weight excluding hydrogens is 381 g/mol. The molecule has 0 saturated heterocycles. The molecule has 2 aromatic heterocycles. The number of halogens is 1. The summed E-state index contributed by atoms with van der Waals surface area (Å²) in [7, 11) is 1.72. The highest BCUT2D eigenvalue weighted by molar-refractivity contribution is 14.1. The van der Waals surface area contributed by atoms with Crippen LogP contribution in [0.4, 0.5) is 0 Å². The summed E-state index contributed by atoms with van der Waals surface area (Å²) in [5.74, 6) is -0.282. The fourth-order valence-electron chi connectivity index (χ4n) is 2.08. The highest BCUT2D eigenvalue weighted by atomic mass is 127. The minimum Gasteiger partial charge on any atom is -0.361 e. The van der Waals surface area contributed by atoms with Crippen LogP contribution in [0.5, 0.6) is 0 Å². The summed E-state index contributed by atoms with van der Waals surface area (Å²) in [4.78, 5) is 15.2. The smallest absolute Gasteiger partial charge is 0.290 e. The van der Waals surface area contributed by atoms with Gasteiger partial charge in [-0.25, -0.2) is 5.43 Å². The molecular formula is C14H12IN5O. The number of hydrogen-bond donors (Lipinski definition) is 2. The third kappa shape index (κ3) is 2.68. The molecule has 2 heterocycles. The molecule has 0 aliphatic carbocycles. The number of amides is 1. The highest BCUT2D eigenvalue weighted by Gasteiger charge is 2.14. The van der Waals surface area contributed by atoms with E-state index in [0.717, 1.165) is 20.0 Å². The fourth-order valence-corrected chi connectivity index (χ4v) is 2.80. The van der Waals surface area contributed by atoms with E-state index in [2.05, 4.69) is 43.2 Å². The van der Waals surface area contributed by atoms with Crippen LogP contribution in [0.25, 0.3) is 10.9 Å². The van der Waals surface area contributed by atoms with E-state index in [1.807, 2.05) is 30.5 Å². The van der Waals surface area contributed by atoms with E-state index in [-0.39, 0.29) is 5.91 Å². The normalized spacial score (nSPS) is 11.3. The number of fused-ring (bicyclic) bond motifs is 1. The number of benzene rings is 1. The van der Waals surface area contributed by atoms with E-state index in [9.17, 15) is 4.79 Å². The maximum Gasteiger partial charge on any atom is 0.290 e. The zero-order valence-corrected chi connectivity index (χ0v) is 13.3. The third-order valence-electron chi connectivity index (χ3n) is 3.10. The van der Waals surface area contributed by atoms with Crippen molar-refractivity contribution in [2.45, 2.75) is 0 Å². The molecule has 7 heteroatoms. The molecule has 6 nitrogen and oxygen atoms in total. The average Bonchev–Trinajstić information content (AvgIpc) is 3.03. The molecule has 0 atom stereocenters. The van der Waals surface area contributed by atoms with E-state index in [0.29, 0.717) is 5.69 Å². The van der Waals surface area contributed by atoms with Crippen LogP contribution in [0.2, 0.25) is 0 Å². The molecule has 3 rings (SSSR count). The van der Waals surface area contributed by atoms with Crippen molar-refractivity contribution in [2.75, 3.05) is 0 Å². The summed E-state index contributed by atoms with van der Waals surface area (Å²) in [5, 5.41) is 9.10. The van der Waals surface area contributed by atoms with Gasteiger partial charge < -0.3 is 4.98 Å². The number of nitrogens with zero attached hydrogens (tertiary/aromatic N) is 3. The SMILES string of the molecule is Cn1ncc(I)c1C(=O)N/N=C/c1c[nH]c2ccccc12. The predicted octanol–water partition coefficient (Wildman–Crippen LogP) is 2.27. The molecule has 1 aromatic carbocycles. The van der Waals surface area contributed by atoms with Gasteiger partial charge in [-0.05, 0) is 28.7 Å². The quantitative estimate of drug-likeness (QED) is 0.407. The Labute approximate surface area is 134 Å². The van der Waals surface area contributed by atoms with Crippen molar-refractivity contribution in [1.82, 2.24) is 20.2 Å². The Morgan fingerprint density at radius 3 is 3.05 bits per heavy atom. The van der Waals surface area contributed by atoms with Crippen LogP contribution in [-0.2, 0) is 7.05 Å². The van der Waals surface area contributed by atoms with Crippen molar-refractivity contribution in [3.63, 3.8) is 0 Å². The maximum atomic E-state index is 12.0. The van der Waals surface area contributed by atoms with Crippen LogP contribution in [0.3, 0.4) is 0 Å². The number of rotatable bonds is 3. The molecule has 0 unspecified atom stereocenters. The lowest BCUT2D eigenvalue weighted by Gasteiger charge is -2.00. The second kappa shape index (κ2) is 5.68. The predicted molar refractivity (Wildman–Crippen MR) is 89.3 cm³/mol. The van der Waals surface area contributed by atoms with Gasteiger partial charge in [-0.3, -0.25) is 9.48 Å². The minimum atomic E-state index is -0.282. The van der Waals surface area contributed by atoms with Gasteiger partial charge in [0.05, 0.1) is 16.0 Å².